The van der Waals surface area contributed by atoms with E-state index in [0.717, 1.165) is 10.0 Å². The molecule has 0 aromatic heterocycles. The molecule has 2 aromatic rings. The molecule has 2 heterocycles. The average molecular weight is 500 g/mol. The highest BCUT2D eigenvalue weighted by Gasteiger charge is 2.42. The van der Waals surface area contributed by atoms with E-state index in [1.165, 1.54) is 6.07 Å². The summed E-state index contributed by atoms with van der Waals surface area (Å²) in [6.07, 6.45) is -0.0482. The Morgan fingerprint density at radius 1 is 1.33 bits per heavy atom. The van der Waals surface area contributed by atoms with Crippen LogP contribution in [0.25, 0.3) is 0 Å². The number of benzene rings is 2. The molecular formula is C21H21BrClFN2O4. The second kappa shape index (κ2) is 8.34. The molecule has 0 radical (unpaired) electrons. The van der Waals surface area contributed by atoms with Gasteiger partial charge in [-0.2, -0.15) is 0 Å². The molecule has 2 atom stereocenters. The predicted octanol–water partition coefficient (Wildman–Crippen LogP) is 3.51. The van der Waals surface area contributed by atoms with Crippen LogP contribution in [-0.4, -0.2) is 47.5 Å². The lowest BCUT2D eigenvalue weighted by Gasteiger charge is -2.42. The highest BCUT2D eigenvalue weighted by molar-refractivity contribution is 9.10. The molecular weight excluding hydrogens is 479 g/mol. The van der Waals surface area contributed by atoms with Crippen molar-refractivity contribution in [3.63, 3.8) is 0 Å². The largest absolute Gasteiger partial charge is 0.490 e. The Hall–Kier alpha value is -1.87. The predicted molar refractivity (Wildman–Crippen MR) is 116 cm³/mol. The van der Waals surface area contributed by atoms with Crippen LogP contribution in [0.1, 0.15) is 18.4 Å². The van der Waals surface area contributed by atoms with Gasteiger partial charge >= 0.3 is 0 Å². The fourth-order valence-corrected chi connectivity index (χ4v) is 4.48. The Balaban J connectivity index is 1.46. The molecule has 30 heavy (non-hydrogen) atoms. The third kappa shape index (κ3) is 4.14. The van der Waals surface area contributed by atoms with Crippen LogP contribution in [0.15, 0.2) is 34.8 Å². The third-order valence-electron chi connectivity index (χ3n) is 5.64. The lowest BCUT2D eigenvalue weighted by molar-refractivity contribution is -0.116. The number of amides is 1. The molecule has 0 unspecified atom stereocenters. The lowest BCUT2D eigenvalue weighted by Crippen LogP contribution is -2.58. The van der Waals surface area contributed by atoms with Gasteiger partial charge in [0.05, 0.1) is 11.4 Å². The van der Waals surface area contributed by atoms with Crippen molar-refractivity contribution in [2.45, 2.75) is 31.0 Å². The van der Waals surface area contributed by atoms with Gasteiger partial charge in [-0.1, -0.05) is 11.6 Å². The van der Waals surface area contributed by atoms with E-state index in [0.29, 0.717) is 41.5 Å². The van der Waals surface area contributed by atoms with E-state index in [-0.39, 0.29) is 25.5 Å². The minimum absolute atomic E-state index is 0.0591. The van der Waals surface area contributed by atoms with E-state index in [2.05, 4.69) is 21.2 Å². The Labute approximate surface area is 186 Å². The highest BCUT2D eigenvalue weighted by Crippen LogP contribution is 2.38. The Kier molecular flexibility index (Phi) is 5.94. The van der Waals surface area contributed by atoms with E-state index in [1.807, 2.05) is 0 Å². The number of ether oxygens (including phenoxy) is 1. The summed E-state index contributed by atoms with van der Waals surface area (Å²) in [7, 11) is 0. The molecule has 1 fully saturated rings. The summed E-state index contributed by atoms with van der Waals surface area (Å²) in [4.78, 5) is 13.4. The number of nitrogens with zero attached hydrogens (tertiary/aromatic N) is 1. The van der Waals surface area contributed by atoms with Crippen LogP contribution in [0.2, 0.25) is 5.02 Å². The Morgan fingerprint density at radius 3 is 2.87 bits per heavy atom. The standard InChI is InChI=1S/C21H21BrClFN2O4/c22-14-3-5-17(13-2-6-19(28)25-20(13)14)30-11-21(29)7-8-26(10-18(21)27)16-4-1-12(23)9-15(16)24/h1,3-5,9,18,27,29H,2,6-8,10-11H2,(H,25,28)/t18-,21-/m1/s1. The number of hydrogen-bond acceptors (Lipinski definition) is 5. The van der Waals surface area contributed by atoms with Crippen molar-refractivity contribution in [2.24, 2.45) is 0 Å². The van der Waals surface area contributed by atoms with E-state index in [4.69, 9.17) is 16.3 Å². The zero-order chi connectivity index (χ0) is 21.5. The number of carbonyl (C=O) groups excluding carboxylic acids is 1. The third-order valence-corrected chi connectivity index (χ3v) is 6.54. The zero-order valence-corrected chi connectivity index (χ0v) is 18.3. The van der Waals surface area contributed by atoms with Gasteiger partial charge in [0.15, 0.2) is 0 Å². The quantitative estimate of drug-likeness (QED) is 0.600. The van der Waals surface area contributed by atoms with Gasteiger partial charge in [-0.05, 0) is 59.1 Å². The molecule has 0 aliphatic carbocycles. The maximum atomic E-state index is 14.2. The summed E-state index contributed by atoms with van der Waals surface area (Å²) in [6.45, 7) is 0.296. The number of β-amino-alcohol motifs (C(OH)–C–C–N with tert-alkyl or cyclic N) is 1. The summed E-state index contributed by atoms with van der Waals surface area (Å²) in [6, 6.07) is 7.92. The van der Waals surface area contributed by atoms with Crippen molar-refractivity contribution >= 4 is 44.8 Å². The fraction of sp³-hybridized carbons (Fsp3) is 0.381. The molecule has 0 saturated carbocycles. The van der Waals surface area contributed by atoms with Crippen LogP contribution in [0.4, 0.5) is 15.8 Å². The van der Waals surface area contributed by atoms with E-state index in [9.17, 15) is 19.4 Å². The van der Waals surface area contributed by atoms with Crippen molar-refractivity contribution in [1.82, 2.24) is 0 Å². The van der Waals surface area contributed by atoms with Crippen molar-refractivity contribution < 1.29 is 24.1 Å². The van der Waals surface area contributed by atoms with Crippen molar-refractivity contribution in [3.8, 4) is 5.75 Å². The van der Waals surface area contributed by atoms with Crippen molar-refractivity contribution in [3.05, 3.63) is 51.2 Å². The number of rotatable bonds is 4. The van der Waals surface area contributed by atoms with Gasteiger partial charge in [0, 0.05) is 34.6 Å². The second-order valence-corrected chi connectivity index (χ2v) is 8.94. The minimum Gasteiger partial charge on any atom is -0.490 e. The number of anilines is 2. The number of nitrogens with one attached hydrogen (secondary N) is 1. The first-order valence-corrected chi connectivity index (χ1v) is 10.8. The van der Waals surface area contributed by atoms with Gasteiger partial charge in [0.25, 0.3) is 0 Å². The normalized spacial score (nSPS) is 23.7. The topological polar surface area (TPSA) is 82.0 Å². The van der Waals surface area contributed by atoms with Gasteiger partial charge in [0.1, 0.15) is 29.9 Å². The maximum absolute atomic E-state index is 14.2. The van der Waals surface area contributed by atoms with Gasteiger partial charge in [-0.25, -0.2) is 4.39 Å². The maximum Gasteiger partial charge on any atom is 0.224 e. The van der Waals surface area contributed by atoms with Gasteiger partial charge in [-0.3, -0.25) is 4.79 Å². The van der Waals surface area contributed by atoms with Crippen LogP contribution < -0.4 is 15.0 Å². The molecule has 2 aliphatic rings. The first-order chi connectivity index (χ1) is 14.3. The summed E-state index contributed by atoms with van der Waals surface area (Å²) in [5, 5.41) is 24.7. The molecule has 1 saturated heterocycles. The van der Waals surface area contributed by atoms with Crippen LogP contribution in [0.3, 0.4) is 0 Å². The molecule has 2 aliphatic heterocycles. The van der Waals surface area contributed by atoms with Gasteiger partial charge < -0.3 is 25.2 Å². The second-order valence-electron chi connectivity index (χ2n) is 7.65. The number of aliphatic hydroxyl groups excluding tert-OH is 1. The SMILES string of the molecule is O=C1CCc2c(OC[C@]3(O)CCN(c4ccc(Cl)cc4F)C[C@H]3O)ccc(Br)c2N1. The van der Waals surface area contributed by atoms with Crippen LogP contribution in [0.5, 0.6) is 5.75 Å². The van der Waals surface area contributed by atoms with E-state index >= 15 is 0 Å². The molecule has 160 valence electrons. The first kappa shape index (κ1) is 21.4. The molecule has 1 amide bonds. The van der Waals surface area contributed by atoms with Crippen LogP contribution >= 0.6 is 27.5 Å². The van der Waals surface area contributed by atoms with Crippen molar-refractivity contribution in [1.29, 1.82) is 0 Å². The average Bonchev–Trinajstić information content (AvgIpc) is 2.70. The monoisotopic (exact) mass is 498 g/mol. The number of aliphatic hydroxyl groups is 2. The Bertz CT molecular complexity index is 992. The summed E-state index contributed by atoms with van der Waals surface area (Å²) in [5.74, 6) is 0.0242. The molecule has 6 nitrogen and oxygen atoms in total. The minimum atomic E-state index is -1.47. The lowest BCUT2D eigenvalue weighted by atomic mass is 9.89. The molecule has 2 aromatic carbocycles. The number of piperidine rings is 1. The molecule has 3 N–H and O–H groups in total. The number of fused-ring (bicyclic) bond motifs is 1. The highest BCUT2D eigenvalue weighted by atomic mass is 79.9. The first-order valence-electron chi connectivity index (χ1n) is 9.61. The molecule has 4 rings (SSSR count). The number of carbonyl (C=O) groups is 1. The van der Waals surface area contributed by atoms with E-state index in [1.54, 1.807) is 29.2 Å². The molecule has 0 spiro atoms. The zero-order valence-electron chi connectivity index (χ0n) is 16.0. The van der Waals surface area contributed by atoms with Gasteiger partial charge in [-0.15, -0.1) is 0 Å². The molecule has 9 heteroatoms. The smallest absolute Gasteiger partial charge is 0.224 e. The van der Waals surface area contributed by atoms with Crippen LogP contribution in [-0.2, 0) is 11.2 Å². The summed E-state index contributed by atoms with van der Waals surface area (Å²) in [5.41, 5.74) is 0.378. The summed E-state index contributed by atoms with van der Waals surface area (Å²) >= 11 is 9.23. The van der Waals surface area contributed by atoms with Gasteiger partial charge in [0.2, 0.25) is 5.91 Å². The Morgan fingerprint density at radius 2 is 2.13 bits per heavy atom. The van der Waals surface area contributed by atoms with Crippen LogP contribution in [0, 0.1) is 5.82 Å². The number of hydrogen-bond donors (Lipinski definition) is 3. The number of halogens is 3. The molecule has 0 bridgehead atoms. The fourth-order valence-electron chi connectivity index (χ4n) is 3.85. The summed E-state index contributed by atoms with van der Waals surface area (Å²) < 4.78 is 20.9. The van der Waals surface area contributed by atoms with E-state index < -0.39 is 17.5 Å². The van der Waals surface area contributed by atoms with Crippen molar-refractivity contribution in [2.75, 3.05) is 29.9 Å².